The zero-order valence-electron chi connectivity index (χ0n) is 10.7. The molecule has 1 aromatic rings. The lowest BCUT2D eigenvalue weighted by molar-refractivity contribution is 0.0523. The zero-order chi connectivity index (χ0) is 13.1. The van der Waals surface area contributed by atoms with Gasteiger partial charge in [0.15, 0.2) is 0 Å². The molecule has 4 nitrogen and oxygen atoms in total. The smallest absolute Gasteiger partial charge is 0.407 e. The highest BCUT2D eigenvalue weighted by Crippen LogP contribution is 2.10. The lowest BCUT2D eigenvalue weighted by atomic mass is 10.2. The van der Waals surface area contributed by atoms with Gasteiger partial charge in [0.1, 0.15) is 11.4 Å². The van der Waals surface area contributed by atoms with E-state index in [0.717, 1.165) is 0 Å². The summed E-state index contributed by atoms with van der Waals surface area (Å²) in [4.78, 5) is 11.4. The van der Waals surface area contributed by atoms with Gasteiger partial charge in [-0.25, -0.2) is 4.79 Å². The molecule has 0 aromatic heterocycles. The fourth-order valence-corrected chi connectivity index (χ4v) is 1.02. The first kappa shape index (κ1) is 10.8. The number of rotatable bonds is 2. The van der Waals surface area contributed by atoms with Crippen LogP contribution in [-0.2, 0) is 11.3 Å². The molecule has 0 fully saturated rings. The van der Waals surface area contributed by atoms with E-state index in [1.54, 1.807) is 32.9 Å². The molecule has 4 heteroatoms. The Labute approximate surface area is 96.6 Å². The number of carbonyl (C=O) groups excluding carboxylic acids is 1. The van der Waals surface area contributed by atoms with Gasteiger partial charge in [0.25, 0.3) is 0 Å². The summed E-state index contributed by atoms with van der Waals surface area (Å²) in [6, 6.07) is 6.08. The van der Waals surface area contributed by atoms with E-state index in [0.29, 0.717) is 5.56 Å². The second kappa shape index (κ2) is 4.88. The molecule has 0 bridgehead atoms. The highest BCUT2D eigenvalue weighted by molar-refractivity contribution is 5.67. The molecule has 16 heavy (non-hydrogen) atoms. The summed E-state index contributed by atoms with van der Waals surface area (Å²) < 4.78 is 12.8. The fourth-order valence-electron chi connectivity index (χ4n) is 1.02. The maximum absolute atomic E-state index is 11.4. The van der Waals surface area contributed by atoms with E-state index in [1.807, 2.05) is 0 Å². The molecular weight excluding hydrogens is 206 g/mol. The molecule has 0 heterocycles. The Morgan fingerprint density at radius 1 is 1.44 bits per heavy atom. The van der Waals surface area contributed by atoms with Crippen LogP contribution in [0, 0.1) is 0 Å². The average Bonchev–Trinajstić information content (AvgIpc) is 2.15. The number of alkyl carbamates (subject to hydrolysis) is 1. The van der Waals surface area contributed by atoms with Crippen LogP contribution in [0.4, 0.5) is 4.79 Å². The molecule has 1 atom stereocenters. The van der Waals surface area contributed by atoms with Crippen LogP contribution in [-0.4, -0.2) is 16.8 Å². The number of amides is 1. The van der Waals surface area contributed by atoms with Crippen molar-refractivity contribution >= 4 is 6.09 Å². The average molecular weight is 224 g/mol. The molecule has 1 rings (SSSR count). The number of ether oxygens (including phenoxy) is 1. The number of phenols is 1. The van der Waals surface area contributed by atoms with Gasteiger partial charge in [-0.2, -0.15) is 0 Å². The van der Waals surface area contributed by atoms with Crippen molar-refractivity contribution in [3.63, 3.8) is 0 Å². The van der Waals surface area contributed by atoms with Crippen molar-refractivity contribution in [3.05, 3.63) is 29.8 Å². The quantitative estimate of drug-likeness (QED) is 0.811. The van der Waals surface area contributed by atoms with Gasteiger partial charge in [-0.3, -0.25) is 0 Å². The van der Waals surface area contributed by atoms with E-state index >= 15 is 0 Å². The maximum atomic E-state index is 11.4. The van der Waals surface area contributed by atoms with Gasteiger partial charge in [0.05, 0.1) is 1.37 Å². The van der Waals surface area contributed by atoms with E-state index in [-0.39, 0.29) is 5.75 Å². The van der Waals surface area contributed by atoms with Gasteiger partial charge >= 0.3 is 6.09 Å². The Kier molecular flexibility index (Phi) is 3.29. The minimum atomic E-state index is -0.912. The Hall–Kier alpha value is -1.71. The number of hydrogen-bond donors (Lipinski definition) is 2. The predicted molar refractivity (Wildman–Crippen MR) is 61.2 cm³/mol. The second-order valence-corrected chi connectivity index (χ2v) is 4.38. The summed E-state index contributed by atoms with van der Waals surface area (Å²) in [7, 11) is 0. The van der Waals surface area contributed by atoms with Crippen LogP contribution in [0.5, 0.6) is 5.75 Å². The molecule has 1 aromatic carbocycles. The van der Waals surface area contributed by atoms with E-state index in [1.165, 1.54) is 12.1 Å². The van der Waals surface area contributed by atoms with Crippen molar-refractivity contribution < 1.29 is 16.0 Å². The van der Waals surface area contributed by atoms with Crippen molar-refractivity contribution in [1.82, 2.24) is 5.32 Å². The van der Waals surface area contributed by atoms with Crippen molar-refractivity contribution in [2.75, 3.05) is 0 Å². The fraction of sp³-hybridized carbons (Fsp3) is 0.417. The Morgan fingerprint density at radius 2 is 2.00 bits per heavy atom. The Bertz CT molecular complexity index is 384. The van der Waals surface area contributed by atoms with Crippen LogP contribution < -0.4 is 5.32 Å². The van der Waals surface area contributed by atoms with E-state index in [9.17, 15) is 4.79 Å². The van der Waals surface area contributed by atoms with Crippen molar-refractivity contribution in [2.45, 2.75) is 32.9 Å². The van der Waals surface area contributed by atoms with E-state index in [2.05, 4.69) is 5.32 Å². The molecule has 0 aliphatic heterocycles. The molecule has 0 saturated heterocycles. The topological polar surface area (TPSA) is 58.6 Å². The summed E-state index contributed by atoms with van der Waals surface area (Å²) in [6.45, 7) is 4.36. The largest absolute Gasteiger partial charge is 0.508 e. The first-order chi connectivity index (χ1) is 7.78. The first-order valence-electron chi connectivity index (χ1n) is 5.56. The van der Waals surface area contributed by atoms with Gasteiger partial charge in [0, 0.05) is 6.52 Å². The first-order valence-corrected chi connectivity index (χ1v) is 4.98. The number of hydrogen-bond acceptors (Lipinski definition) is 3. The molecule has 2 N–H and O–H groups in total. The predicted octanol–water partition coefficient (Wildman–Crippen LogP) is 2.42. The van der Waals surface area contributed by atoms with Crippen LogP contribution in [0.15, 0.2) is 24.3 Å². The van der Waals surface area contributed by atoms with Crippen LogP contribution in [0.1, 0.15) is 27.7 Å². The van der Waals surface area contributed by atoms with E-state index < -0.39 is 18.2 Å². The highest BCUT2D eigenvalue weighted by atomic mass is 16.6. The van der Waals surface area contributed by atoms with Gasteiger partial charge < -0.3 is 15.2 Å². The second-order valence-electron chi connectivity index (χ2n) is 4.38. The van der Waals surface area contributed by atoms with Crippen LogP contribution >= 0.6 is 0 Å². The number of benzene rings is 1. The molecule has 1 unspecified atom stereocenters. The molecule has 1 amide bonds. The molecule has 0 radical (unpaired) electrons. The van der Waals surface area contributed by atoms with Gasteiger partial charge in [-0.1, -0.05) is 12.1 Å². The zero-order valence-corrected chi connectivity index (χ0v) is 9.65. The van der Waals surface area contributed by atoms with Crippen LogP contribution in [0.25, 0.3) is 0 Å². The van der Waals surface area contributed by atoms with Crippen molar-refractivity contribution in [3.8, 4) is 5.75 Å². The summed E-state index contributed by atoms with van der Waals surface area (Å²) in [5, 5.41) is 11.5. The maximum Gasteiger partial charge on any atom is 0.407 e. The van der Waals surface area contributed by atoms with Gasteiger partial charge in [-0.15, -0.1) is 0 Å². The number of nitrogens with one attached hydrogen (secondary N) is 1. The Balaban J connectivity index is 2.57. The number of aromatic hydroxyl groups is 1. The normalized spacial score (nSPS) is 13.8. The molecular formula is C12H17NO3. The van der Waals surface area contributed by atoms with Crippen LogP contribution in [0.2, 0.25) is 0 Å². The number of carbonyl (C=O) groups is 1. The number of phenolic OH excluding ortho intramolecular Hbond substituents is 1. The minimum absolute atomic E-state index is 0.123. The summed E-state index contributed by atoms with van der Waals surface area (Å²) in [6.07, 6.45) is -0.634. The molecule has 0 aliphatic rings. The monoisotopic (exact) mass is 224 g/mol. The molecule has 88 valence electrons. The molecule has 0 spiro atoms. The lowest BCUT2D eigenvalue weighted by Crippen LogP contribution is -2.32. The van der Waals surface area contributed by atoms with E-state index in [4.69, 9.17) is 11.2 Å². The third-order valence-electron chi connectivity index (χ3n) is 1.65. The van der Waals surface area contributed by atoms with Crippen LogP contribution in [0.3, 0.4) is 0 Å². The molecule has 0 aliphatic carbocycles. The lowest BCUT2D eigenvalue weighted by Gasteiger charge is -2.19. The third-order valence-corrected chi connectivity index (χ3v) is 1.65. The SMILES string of the molecule is [2H]C(NC(=O)OC(C)(C)C)c1ccc(O)cc1. The van der Waals surface area contributed by atoms with Crippen molar-refractivity contribution in [1.29, 1.82) is 0 Å². The Morgan fingerprint density at radius 3 is 2.50 bits per heavy atom. The van der Waals surface area contributed by atoms with Gasteiger partial charge in [-0.05, 0) is 38.5 Å². The standard InChI is InChI=1S/C12H17NO3/c1-12(2,3)16-11(15)13-8-9-4-6-10(14)7-5-9/h4-7,14H,8H2,1-3H3,(H,13,15)/i8D. The summed E-state index contributed by atoms with van der Waals surface area (Å²) in [5.74, 6) is 0.123. The van der Waals surface area contributed by atoms with Gasteiger partial charge in [0.2, 0.25) is 0 Å². The molecule has 0 saturated carbocycles. The third kappa shape index (κ3) is 4.68. The minimum Gasteiger partial charge on any atom is -0.508 e. The summed E-state index contributed by atoms with van der Waals surface area (Å²) >= 11 is 0. The highest BCUT2D eigenvalue weighted by Gasteiger charge is 2.15. The van der Waals surface area contributed by atoms with Crippen molar-refractivity contribution in [2.24, 2.45) is 0 Å². The summed E-state index contributed by atoms with van der Waals surface area (Å²) in [5.41, 5.74) is -0.00710.